The van der Waals surface area contributed by atoms with Crippen molar-refractivity contribution in [2.75, 3.05) is 0 Å². The summed E-state index contributed by atoms with van der Waals surface area (Å²) in [7, 11) is 0. The second-order valence-corrected chi connectivity index (χ2v) is 4.91. The summed E-state index contributed by atoms with van der Waals surface area (Å²) in [4.78, 5) is 23.3. The predicted molar refractivity (Wildman–Crippen MR) is 66.0 cm³/mol. The van der Waals surface area contributed by atoms with Gasteiger partial charge in [0.15, 0.2) is 0 Å². The Morgan fingerprint density at radius 3 is 2.21 bits per heavy atom. The Labute approximate surface area is 109 Å². The first-order valence-electron chi connectivity index (χ1n) is 5.93. The monoisotopic (exact) mass is 265 g/mol. The lowest BCUT2D eigenvalue weighted by Gasteiger charge is -2.26. The third-order valence-corrected chi connectivity index (χ3v) is 3.46. The Morgan fingerprint density at radius 1 is 1.26 bits per heavy atom. The van der Waals surface area contributed by atoms with Gasteiger partial charge in [0.05, 0.1) is 0 Å². The normalized spacial score (nSPS) is 17.5. The van der Waals surface area contributed by atoms with Crippen molar-refractivity contribution in [3.8, 4) is 11.5 Å². The number of carbonyl (C=O) groups excluding carboxylic acids is 1. The van der Waals surface area contributed by atoms with Gasteiger partial charge in [0.1, 0.15) is 22.6 Å². The van der Waals surface area contributed by atoms with Crippen LogP contribution in [0.1, 0.15) is 30.1 Å². The number of carboxylic acid groups (broad SMARTS) is 1. The van der Waals surface area contributed by atoms with E-state index in [-0.39, 0.29) is 23.0 Å². The molecule has 6 nitrogen and oxygen atoms in total. The van der Waals surface area contributed by atoms with Crippen LogP contribution in [0.25, 0.3) is 0 Å². The van der Waals surface area contributed by atoms with Gasteiger partial charge >= 0.3 is 5.97 Å². The number of aliphatic carboxylic acids is 1. The van der Waals surface area contributed by atoms with Crippen LogP contribution in [0, 0.1) is 5.92 Å². The van der Waals surface area contributed by atoms with Crippen LogP contribution in [0.3, 0.4) is 0 Å². The molecule has 102 valence electrons. The lowest BCUT2D eigenvalue weighted by Crippen LogP contribution is -2.54. The minimum absolute atomic E-state index is 0.123. The summed E-state index contributed by atoms with van der Waals surface area (Å²) in [5.41, 5.74) is -1.69. The largest absolute Gasteiger partial charge is 0.507 e. The van der Waals surface area contributed by atoms with E-state index in [4.69, 9.17) is 0 Å². The maximum atomic E-state index is 12.0. The zero-order valence-electron chi connectivity index (χ0n) is 10.4. The maximum Gasteiger partial charge on any atom is 0.329 e. The molecule has 0 heterocycles. The summed E-state index contributed by atoms with van der Waals surface area (Å²) in [5.74, 6) is -2.82. The number of aromatic hydroxyl groups is 2. The number of nitrogens with one attached hydrogen (secondary N) is 1. The van der Waals surface area contributed by atoms with Crippen LogP contribution >= 0.6 is 0 Å². The molecule has 0 saturated heterocycles. The fourth-order valence-electron chi connectivity index (χ4n) is 2.05. The van der Waals surface area contributed by atoms with E-state index in [0.29, 0.717) is 0 Å². The van der Waals surface area contributed by atoms with Crippen LogP contribution in [0.4, 0.5) is 0 Å². The number of amides is 1. The molecule has 1 fully saturated rings. The van der Waals surface area contributed by atoms with E-state index in [9.17, 15) is 24.9 Å². The summed E-state index contributed by atoms with van der Waals surface area (Å²) < 4.78 is 0. The molecule has 19 heavy (non-hydrogen) atoms. The van der Waals surface area contributed by atoms with Crippen molar-refractivity contribution in [1.29, 1.82) is 0 Å². The van der Waals surface area contributed by atoms with Crippen LogP contribution < -0.4 is 5.32 Å². The van der Waals surface area contributed by atoms with Crippen LogP contribution in [0.15, 0.2) is 18.2 Å². The highest BCUT2D eigenvalue weighted by Gasteiger charge is 2.49. The average molecular weight is 265 g/mol. The van der Waals surface area contributed by atoms with Crippen molar-refractivity contribution in [3.05, 3.63) is 23.8 Å². The van der Waals surface area contributed by atoms with Crippen molar-refractivity contribution < 1.29 is 24.9 Å². The van der Waals surface area contributed by atoms with Crippen molar-refractivity contribution in [2.24, 2.45) is 5.92 Å². The first-order chi connectivity index (χ1) is 8.86. The fourth-order valence-corrected chi connectivity index (χ4v) is 2.05. The number of carboxylic acids is 1. The number of hydrogen-bond donors (Lipinski definition) is 4. The molecule has 0 radical (unpaired) electrons. The Morgan fingerprint density at radius 2 is 1.79 bits per heavy atom. The smallest absolute Gasteiger partial charge is 0.329 e. The van der Waals surface area contributed by atoms with E-state index in [1.54, 1.807) is 0 Å². The standard InChI is InChI=1S/C13H15NO5/c1-13(12(18)19,7-5-6-7)14-11(17)10-8(15)3-2-4-9(10)16/h2-4,7,15-16H,5-6H2,1H3,(H,14,17)(H,18,19). The van der Waals surface area contributed by atoms with Gasteiger partial charge in [-0.25, -0.2) is 4.79 Å². The second-order valence-electron chi connectivity index (χ2n) is 4.91. The van der Waals surface area contributed by atoms with Gasteiger partial charge in [-0.2, -0.15) is 0 Å². The zero-order chi connectivity index (χ0) is 14.2. The Hall–Kier alpha value is -2.24. The molecular weight excluding hydrogens is 250 g/mol. The predicted octanol–water partition coefficient (Wildman–Crippen LogP) is 1.08. The molecule has 0 aromatic heterocycles. The summed E-state index contributed by atoms with van der Waals surface area (Å²) in [5, 5.41) is 30.8. The van der Waals surface area contributed by atoms with Gasteiger partial charge in [-0.15, -0.1) is 0 Å². The number of rotatable bonds is 4. The summed E-state index contributed by atoms with van der Waals surface area (Å²) in [6, 6.07) is 3.90. The summed E-state index contributed by atoms with van der Waals surface area (Å²) in [6.07, 6.45) is 1.46. The Balaban J connectivity index is 2.28. The van der Waals surface area contributed by atoms with Gasteiger partial charge in [-0.1, -0.05) is 6.07 Å². The van der Waals surface area contributed by atoms with Gasteiger partial charge < -0.3 is 20.6 Å². The second kappa shape index (κ2) is 4.46. The fraction of sp³-hybridized carbons (Fsp3) is 0.385. The third kappa shape index (κ3) is 2.33. The molecule has 0 spiro atoms. The van der Waals surface area contributed by atoms with E-state index in [1.807, 2.05) is 0 Å². The highest BCUT2D eigenvalue weighted by Crippen LogP contribution is 2.40. The minimum Gasteiger partial charge on any atom is -0.507 e. The molecule has 4 N–H and O–H groups in total. The average Bonchev–Trinajstić information content (AvgIpc) is 3.12. The first-order valence-corrected chi connectivity index (χ1v) is 5.93. The third-order valence-electron chi connectivity index (χ3n) is 3.46. The highest BCUT2D eigenvalue weighted by molar-refractivity contribution is 6.02. The topological polar surface area (TPSA) is 107 Å². The van der Waals surface area contributed by atoms with Gasteiger partial charge in [0.25, 0.3) is 5.91 Å². The van der Waals surface area contributed by atoms with Crippen LogP contribution in [0.2, 0.25) is 0 Å². The molecule has 0 bridgehead atoms. The molecule has 1 aromatic rings. The summed E-state index contributed by atoms with van der Waals surface area (Å²) >= 11 is 0. The maximum absolute atomic E-state index is 12.0. The SMILES string of the molecule is CC(NC(=O)c1c(O)cccc1O)(C(=O)O)C1CC1. The van der Waals surface area contributed by atoms with Gasteiger partial charge in [0, 0.05) is 0 Å². The number of phenols is 2. The first kappa shape index (κ1) is 13.2. The molecular formula is C13H15NO5. The van der Waals surface area contributed by atoms with Crippen molar-refractivity contribution in [2.45, 2.75) is 25.3 Å². The molecule has 1 atom stereocenters. The van der Waals surface area contributed by atoms with Crippen molar-refractivity contribution in [3.63, 3.8) is 0 Å². The lowest BCUT2D eigenvalue weighted by atomic mass is 9.95. The van der Waals surface area contributed by atoms with E-state index < -0.39 is 17.4 Å². The molecule has 0 aliphatic heterocycles. The highest BCUT2D eigenvalue weighted by atomic mass is 16.4. The van der Waals surface area contributed by atoms with Crippen LogP contribution in [-0.4, -0.2) is 32.7 Å². The summed E-state index contributed by atoms with van der Waals surface area (Å²) in [6.45, 7) is 1.43. The Bertz CT molecular complexity index is 518. The molecule has 2 rings (SSSR count). The Kier molecular flexibility index (Phi) is 3.09. The quantitative estimate of drug-likeness (QED) is 0.651. The van der Waals surface area contributed by atoms with Crippen LogP contribution in [-0.2, 0) is 4.79 Å². The molecule has 1 saturated carbocycles. The molecule has 1 amide bonds. The lowest BCUT2D eigenvalue weighted by molar-refractivity contribution is -0.144. The van der Waals surface area contributed by atoms with E-state index in [1.165, 1.54) is 25.1 Å². The van der Waals surface area contributed by atoms with E-state index in [2.05, 4.69) is 5.32 Å². The molecule has 1 aliphatic rings. The van der Waals surface area contributed by atoms with Crippen molar-refractivity contribution in [1.82, 2.24) is 5.32 Å². The van der Waals surface area contributed by atoms with Crippen molar-refractivity contribution >= 4 is 11.9 Å². The van der Waals surface area contributed by atoms with Crippen LogP contribution in [0.5, 0.6) is 11.5 Å². The zero-order valence-corrected chi connectivity index (χ0v) is 10.4. The molecule has 1 aromatic carbocycles. The molecule has 1 aliphatic carbocycles. The number of carbonyl (C=O) groups is 2. The number of phenolic OH excluding ortho intramolecular Hbond substituents is 2. The van der Waals surface area contributed by atoms with E-state index in [0.717, 1.165) is 12.8 Å². The van der Waals surface area contributed by atoms with Gasteiger partial charge in [-0.05, 0) is 37.8 Å². The number of benzene rings is 1. The minimum atomic E-state index is -1.38. The number of hydrogen-bond acceptors (Lipinski definition) is 4. The molecule has 1 unspecified atom stereocenters. The van der Waals surface area contributed by atoms with Gasteiger partial charge in [-0.3, -0.25) is 4.79 Å². The molecule has 6 heteroatoms. The van der Waals surface area contributed by atoms with Gasteiger partial charge in [0.2, 0.25) is 0 Å². The van der Waals surface area contributed by atoms with E-state index >= 15 is 0 Å².